The van der Waals surface area contributed by atoms with Crippen LogP contribution in [0.1, 0.15) is 88.5 Å². The summed E-state index contributed by atoms with van der Waals surface area (Å²) in [7, 11) is 0. The third-order valence-corrected chi connectivity index (χ3v) is 9.18. The highest BCUT2D eigenvalue weighted by atomic mass is 35.5. The van der Waals surface area contributed by atoms with Crippen LogP contribution in [0.15, 0.2) is 71.4 Å². The van der Waals surface area contributed by atoms with Crippen LogP contribution in [-0.4, -0.2) is 49.7 Å². The zero-order valence-electron chi connectivity index (χ0n) is 27.2. The molecule has 1 aliphatic carbocycles. The maximum atomic E-state index is 12.2. The first kappa shape index (κ1) is 33.8. The Morgan fingerprint density at radius 2 is 1.70 bits per heavy atom. The molecular formula is C37H46ClN5O3. The fourth-order valence-corrected chi connectivity index (χ4v) is 6.67. The van der Waals surface area contributed by atoms with Gasteiger partial charge in [0.1, 0.15) is 0 Å². The van der Waals surface area contributed by atoms with E-state index < -0.39 is 11.4 Å². The molecule has 2 aromatic heterocycles. The van der Waals surface area contributed by atoms with E-state index in [9.17, 15) is 9.90 Å². The highest BCUT2D eigenvalue weighted by Crippen LogP contribution is 2.38. The molecule has 1 saturated carbocycles. The number of rotatable bonds is 8. The number of nitrogens with zero attached hydrogens (tertiary/aromatic N) is 4. The Balaban J connectivity index is 0.000000775. The fraction of sp³-hybridized carbons (Fsp3) is 0.459. The average Bonchev–Trinajstić information content (AvgIpc) is 3.53. The summed E-state index contributed by atoms with van der Waals surface area (Å²) in [5, 5.41) is 15.0. The first-order chi connectivity index (χ1) is 22.0. The lowest BCUT2D eigenvalue weighted by Crippen LogP contribution is -2.45. The van der Waals surface area contributed by atoms with E-state index in [0.29, 0.717) is 36.9 Å². The zero-order chi connectivity index (χ0) is 32.7. The molecule has 2 aliphatic rings. The van der Waals surface area contributed by atoms with E-state index in [2.05, 4.69) is 38.2 Å². The molecule has 2 fully saturated rings. The molecule has 8 nitrogen and oxygen atoms in total. The second kappa shape index (κ2) is 14.9. The minimum absolute atomic E-state index is 0. The molecule has 0 radical (unpaired) electrons. The molecule has 0 bridgehead atoms. The Morgan fingerprint density at radius 3 is 2.30 bits per heavy atom. The predicted molar refractivity (Wildman–Crippen MR) is 182 cm³/mol. The van der Waals surface area contributed by atoms with Crippen LogP contribution >= 0.6 is 11.6 Å². The highest BCUT2D eigenvalue weighted by molar-refractivity contribution is 6.31. The molecule has 2 aromatic carbocycles. The van der Waals surface area contributed by atoms with Gasteiger partial charge in [-0.15, -0.1) is 0 Å². The second-order valence-corrected chi connectivity index (χ2v) is 14.3. The SMILES string of the molecule is CC(C)(C)N.O=C(O)C1(Cc2ccccn2)CCN(Cc2ccc(-c3noc(-c4ccc(C5CCCCC5)c(Cl)c4)n3)cc2)CC1. The van der Waals surface area contributed by atoms with Gasteiger partial charge in [0, 0.05) is 46.5 Å². The quantitative estimate of drug-likeness (QED) is 0.197. The van der Waals surface area contributed by atoms with Gasteiger partial charge in [-0.1, -0.05) is 72.4 Å². The van der Waals surface area contributed by atoms with E-state index in [0.717, 1.165) is 47.0 Å². The number of carbonyl (C=O) groups is 1. The highest BCUT2D eigenvalue weighted by Gasteiger charge is 2.41. The van der Waals surface area contributed by atoms with Crippen molar-refractivity contribution in [3.05, 3.63) is 88.7 Å². The number of carboxylic acids is 1. The van der Waals surface area contributed by atoms with Crippen LogP contribution in [-0.2, 0) is 17.8 Å². The number of piperidine rings is 1. The molecule has 46 heavy (non-hydrogen) atoms. The van der Waals surface area contributed by atoms with Gasteiger partial charge >= 0.3 is 5.97 Å². The summed E-state index contributed by atoms with van der Waals surface area (Å²) >= 11 is 6.68. The zero-order valence-corrected chi connectivity index (χ0v) is 28.0. The largest absolute Gasteiger partial charge is 0.481 e. The number of nitrogens with two attached hydrogens (primary N) is 1. The molecule has 6 rings (SSSR count). The number of likely N-dealkylation sites (tertiary alicyclic amines) is 1. The molecule has 4 aromatic rings. The second-order valence-electron chi connectivity index (χ2n) is 13.9. The van der Waals surface area contributed by atoms with Gasteiger partial charge in [-0.2, -0.15) is 4.98 Å². The summed E-state index contributed by atoms with van der Waals surface area (Å²) < 4.78 is 5.60. The number of benzene rings is 2. The van der Waals surface area contributed by atoms with Crippen LogP contribution in [0.4, 0.5) is 0 Å². The van der Waals surface area contributed by atoms with Crippen molar-refractivity contribution in [2.24, 2.45) is 11.1 Å². The Bertz CT molecular complexity index is 1560. The first-order valence-corrected chi connectivity index (χ1v) is 16.7. The molecular weight excluding hydrogens is 598 g/mol. The summed E-state index contributed by atoms with van der Waals surface area (Å²) in [5.74, 6) is 0.812. The van der Waals surface area contributed by atoms with Gasteiger partial charge in [-0.05, 0) is 101 Å². The number of halogens is 1. The van der Waals surface area contributed by atoms with Gasteiger partial charge < -0.3 is 15.4 Å². The van der Waals surface area contributed by atoms with Gasteiger partial charge in [-0.25, -0.2) is 0 Å². The molecule has 1 saturated heterocycles. The van der Waals surface area contributed by atoms with Crippen molar-refractivity contribution in [1.29, 1.82) is 0 Å². The van der Waals surface area contributed by atoms with Crippen molar-refractivity contribution in [3.8, 4) is 22.8 Å². The topological polar surface area (TPSA) is 118 Å². The number of carboxylic acid groups (broad SMARTS) is 1. The normalized spacial score (nSPS) is 17.2. The number of hydrogen-bond acceptors (Lipinski definition) is 7. The third kappa shape index (κ3) is 9.02. The molecule has 3 N–H and O–H groups in total. The molecule has 244 valence electrons. The Morgan fingerprint density at radius 1 is 1.02 bits per heavy atom. The Hall–Kier alpha value is -3.59. The summed E-state index contributed by atoms with van der Waals surface area (Å²) in [6, 6.07) is 19.9. The van der Waals surface area contributed by atoms with Crippen molar-refractivity contribution in [3.63, 3.8) is 0 Å². The van der Waals surface area contributed by atoms with E-state index in [4.69, 9.17) is 21.9 Å². The minimum atomic E-state index is -0.758. The third-order valence-electron chi connectivity index (χ3n) is 8.85. The summed E-state index contributed by atoms with van der Waals surface area (Å²) in [4.78, 5) is 23.6. The standard InChI is InChI=1S/C33H35ClN4O3.C4H11N/c34-29-20-26(13-14-28(29)24-6-2-1-3-7-24)31-36-30(37-41-31)25-11-9-23(10-12-25)22-38-18-15-33(16-19-38,32(39)40)21-27-8-4-5-17-35-27;1-4(2,3)5/h4-5,8-14,17,20,24H,1-3,6-7,15-16,18-19,21-22H2,(H,39,40);5H2,1-3H3. The van der Waals surface area contributed by atoms with E-state index >= 15 is 0 Å². The summed E-state index contributed by atoms with van der Waals surface area (Å²) in [5.41, 5.74) is 9.53. The van der Waals surface area contributed by atoms with Crippen LogP contribution in [0.5, 0.6) is 0 Å². The molecule has 3 heterocycles. The Labute approximate surface area is 277 Å². The summed E-state index contributed by atoms with van der Waals surface area (Å²) in [6.45, 7) is 8.13. The maximum absolute atomic E-state index is 12.2. The molecule has 9 heteroatoms. The van der Waals surface area contributed by atoms with Crippen LogP contribution < -0.4 is 5.73 Å². The maximum Gasteiger partial charge on any atom is 0.310 e. The van der Waals surface area contributed by atoms with Gasteiger partial charge in [0.05, 0.1) is 5.41 Å². The molecule has 0 unspecified atom stereocenters. The van der Waals surface area contributed by atoms with Gasteiger partial charge in [0.25, 0.3) is 5.89 Å². The lowest BCUT2D eigenvalue weighted by molar-refractivity contribution is -0.152. The summed E-state index contributed by atoms with van der Waals surface area (Å²) in [6.07, 6.45) is 9.66. The van der Waals surface area contributed by atoms with Crippen LogP contribution in [0.3, 0.4) is 0 Å². The molecule has 0 atom stereocenters. The number of aromatic nitrogens is 3. The van der Waals surface area contributed by atoms with E-state index in [1.54, 1.807) is 6.20 Å². The fourth-order valence-electron chi connectivity index (χ4n) is 6.34. The first-order valence-electron chi connectivity index (χ1n) is 16.4. The number of pyridine rings is 1. The van der Waals surface area contributed by atoms with E-state index in [1.165, 1.54) is 37.7 Å². The number of aliphatic carboxylic acids is 1. The average molecular weight is 644 g/mol. The monoisotopic (exact) mass is 643 g/mol. The van der Waals surface area contributed by atoms with Crippen LogP contribution in [0.25, 0.3) is 22.8 Å². The Kier molecular flexibility index (Phi) is 10.9. The smallest absolute Gasteiger partial charge is 0.310 e. The van der Waals surface area contributed by atoms with Gasteiger partial charge in [0.15, 0.2) is 0 Å². The van der Waals surface area contributed by atoms with Gasteiger partial charge in [0.2, 0.25) is 5.82 Å². The van der Waals surface area contributed by atoms with Crippen LogP contribution in [0.2, 0.25) is 5.02 Å². The van der Waals surface area contributed by atoms with E-state index in [-0.39, 0.29) is 5.54 Å². The minimum Gasteiger partial charge on any atom is -0.481 e. The molecule has 0 spiro atoms. The van der Waals surface area contributed by atoms with E-state index in [1.807, 2.05) is 63.2 Å². The van der Waals surface area contributed by atoms with Crippen molar-refractivity contribution in [2.75, 3.05) is 13.1 Å². The predicted octanol–water partition coefficient (Wildman–Crippen LogP) is 8.15. The van der Waals surface area contributed by atoms with Gasteiger partial charge in [-0.3, -0.25) is 14.7 Å². The van der Waals surface area contributed by atoms with Crippen molar-refractivity contribution in [2.45, 2.75) is 90.1 Å². The van der Waals surface area contributed by atoms with Crippen molar-refractivity contribution in [1.82, 2.24) is 20.0 Å². The van der Waals surface area contributed by atoms with Crippen molar-refractivity contribution >= 4 is 17.6 Å². The van der Waals surface area contributed by atoms with Crippen LogP contribution in [0, 0.1) is 5.41 Å². The molecule has 1 aliphatic heterocycles. The number of hydrogen-bond donors (Lipinski definition) is 2. The van der Waals surface area contributed by atoms with Crippen molar-refractivity contribution < 1.29 is 14.4 Å². The lowest BCUT2D eigenvalue weighted by atomic mass is 9.74. The lowest BCUT2D eigenvalue weighted by Gasteiger charge is -2.38. The molecule has 0 amide bonds.